The van der Waals surface area contributed by atoms with Crippen molar-refractivity contribution >= 4 is 11.8 Å². The largest absolute Gasteiger partial charge is 0.355 e. The van der Waals surface area contributed by atoms with Crippen LogP contribution < -0.4 is 16.4 Å². The van der Waals surface area contributed by atoms with Gasteiger partial charge in [-0.1, -0.05) is 37.1 Å². The lowest BCUT2D eigenvalue weighted by molar-refractivity contribution is -0.143. The first-order valence-corrected chi connectivity index (χ1v) is 9.52. The van der Waals surface area contributed by atoms with Crippen LogP contribution in [0, 0.1) is 5.41 Å². The molecule has 1 aromatic carbocycles. The molecule has 0 aromatic heterocycles. The van der Waals surface area contributed by atoms with Crippen molar-refractivity contribution in [2.75, 3.05) is 13.1 Å². The van der Waals surface area contributed by atoms with Crippen LogP contribution in [0.2, 0.25) is 0 Å². The fourth-order valence-corrected chi connectivity index (χ4v) is 4.16. The fraction of sp³-hybridized carbons (Fsp3) is 0.600. The summed E-state index contributed by atoms with van der Waals surface area (Å²) in [6, 6.07) is 8.42. The van der Waals surface area contributed by atoms with Gasteiger partial charge < -0.3 is 16.4 Å². The van der Waals surface area contributed by atoms with Gasteiger partial charge in [0.1, 0.15) is 5.41 Å². The summed E-state index contributed by atoms with van der Waals surface area (Å²) in [5.74, 6) is -0.186. The number of carbonyl (C=O) groups is 2. The van der Waals surface area contributed by atoms with Gasteiger partial charge in [-0.3, -0.25) is 9.59 Å². The van der Waals surface area contributed by atoms with Gasteiger partial charge in [0.05, 0.1) is 0 Å². The molecule has 1 fully saturated rings. The van der Waals surface area contributed by atoms with Gasteiger partial charge in [-0.25, -0.2) is 0 Å². The van der Waals surface area contributed by atoms with Crippen LogP contribution in [0.4, 0.5) is 0 Å². The van der Waals surface area contributed by atoms with Crippen molar-refractivity contribution in [2.24, 2.45) is 11.1 Å². The highest BCUT2D eigenvalue weighted by Gasteiger charge is 2.48. The van der Waals surface area contributed by atoms with Gasteiger partial charge in [-0.15, -0.1) is 0 Å². The van der Waals surface area contributed by atoms with Crippen LogP contribution in [-0.4, -0.2) is 30.9 Å². The predicted octanol–water partition coefficient (Wildman–Crippen LogP) is 1.69. The number of hydrogen-bond donors (Lipinski definition) is 3. The second-order valence-electron chi connectivity index (χ2n) is 7.39. The number of hydrogen-bond acceptors (Lipinski definition) is 3. The molecule has 0 spiro atoms. The van der Waals surface area contributed by atoms with Crippen molar-refractivity contribution in [3.8, 4) is 0 Å². The van der Waals surface area contributed by atoms with Crippen LogP contribution in [0.15, 0.2) is 24.3 Å². The van der Waals surface area contributed by atoms with Gasteiger partial charge in [0.2, 0.25) is 11.8 Å². The number of nitrogens with one attached hydrogen (secondary N) is 2. The summed E-state index contributed by atoms with van der Waals surface area (Å²) in [6.07, 6.45) is 6.65. The predicted molar refractivity (Wildman–Crippen MR) is 98.0 cm³/mol. The van der Waals surface area contributed by atoms with E-state index in [1.165, 1.54) is 11.1 Å². The molecule has 2 aliphatic rings. The second kappa shape index (κ2) is 8.00. The van der Waals surface area contributed by atoms with Crippen molar-refractivity contribution in [2.45, 2.75) is 57.4 Å². The van der Waals surface area contributed by atoms with Crippen molar-refractivity contribution in [1.82, 2.24) is 10.6 Å². The molecule has 0 unspecified atom stereocenters. The summed E-state index contributed by atoms with van der Waals surface area (Å²) in [5, 5.41) is 6.14. The Morgan fingerprint density at radius 1 is 1.04 bits per heavy atom. The van der Waals surface area contributed by atoms with Crippen LogP contribution >= 0.6 is 0 Å². The molecule has 2 amide bonds. The number of amides is 2. The molecule has 1 saturated carbocycles. The zero-order valence-corrected chi connectivity index (χ0v) is 14.9. The average Bonchev–Trinajstić information content (AvgIpc) is 3.25. The van der Waals surface area contributed by atoms with Gasteiger partial charge in [0.25, 0.3) is 0 Å². The van der Waals surface area contributed by atoms with Crippen molar-refractivity contribution < 1.29 is 9.59 Å². The zero-order chi connectivity index (χ0) is 17.7. The average molecular weight is 343 g/mol. The number of fused-ring (bicyclic) bond motifs is 1. The number of benzene rings is 1. The third-order valence-corrected chi connectivity index (χ3v) is 5.63. The first kappa shape index (κ1) is 17.9. The summed E-state index contributed by atoms with van der Waals surface area (Å²) in [6.45, 7) is 1.23. The lowest BCUT2D eigenvalue weighted by Crippen LogP contribution is -2.52. The van der Waals surface area contributed by atoms with Gasteiger partial charge in [0.15, 0.2) is 0 Å². The minimum Gasteiger partial charge on any atom is -0.355 e. The normalized spacial score (nSPS) is 18.8. The van der Waals surface area contributed by atoms with E-state index in [1.54, 1.807) is 0 Å². The molecule has 5 nitrogen and oxygen atoms in total. The van der Waals surface area contributed by atoms with Gasteiger partial charge in [-0.05, 0) is 56.2 Å². The molecule has 0 atom stereocenters. The molecule has 4 N–H and O–H groups in total. The third kappa shape index (κ3) is 3.87. The van der Waals surface area contributed by atoms with E-state index in [0.717, 1.165) is 38.5 Å². The minimum absolute atomic E-state index is 0.0841. The highest BCUT2D eigenvalue weighted by Crippen LogP contribution is 2.39. The molecule has 2 aliphatic carbocycles. The maximum Gasteiger partial charge on any atom is 0.235 e. The molecule has 3 rings (SSSR count). The molecular weight excluding hydrogens is 314 g/mol. The maximum absolute atomic E-state index is 13.0. The van der Waals surface area contributed by atoms with Gasteiger partial charge in [-0.2, -0.15) is 0 Å². The zero-order valence-electron chi connectivity index (χ0n) is 14.9. The lowest BCUT2D eigenvalue weighted by atomic mass is 9.83. The Morgan fingerprint density at radius 3 is 2.28 bits per heavy atom. The first-order chi connectivity index (χ1) is 12.2. The summed E-state index contributed by atoms with van der Waals surface area (Å²) in [4.78, 5) is 25.8. The maximum atomic E-state index is 13.0. The molecule has 5 heteroatoms. The first-order valence-electron chi connectivity index (χ1n) is 9.52. The summed E-state index contributed by atoms with van der Waals surface area (Å²) < 4.78 is 0. The molecule has 0 saturated heterocycles. The van der Waals surface area contributed by atoms with E-state index in [9.17, 15) is 9.59 Å². The number of carbonyl (C=O) groups excluding carboxylic acids is 2. The molecular formula is C20H29N3O2. The van der Waals surface area contributed by atoms with E-state index in [1.807, 2.05) is 12.1 Å². The van der Waals surface area contributed by atoms with E-state index in [-0.39, 0.29) is 17.9 Å². The minimum atomic E-state index is -0.877. The highest BCUT2D eigenvalue weighted by molar-refractivity contribution is 6.05. The van der Waals surface area contributed by atoms with E-state index < -0.39 is 5.41 Å². The van der Waals surface area contributed by atoms with Crippen LogP contribution in [-0.2, 0) is 22.4 Å². The van der Waals surface area contributed by atoms with Crippen LogP contribution in [0.1, 0.15) is 49.7 Å². The number of rotatable bonds is 7. The summed E-state index contributed by atoms with van der Waals surface area (Å²) in [5.41, 5.74) is 7.23. The Bertz CT molecular complexity index is 598. The molecule has 0 aliphatic heterocycles. The Hall–Kier alpha value is -1.88. The van der Waals surface area contributed by atoms with Gasteiger partial charge in [0, 0.05) is 12.6 Å². The smallest absolute Gasteiger partial charge is 0.235 e. The Morgan fingerprint density at radius 2 is 1.68 bits per heavy atom. The summed E-state index contributed by atoms with van der Waals surface area (Å²) >= 11 is 0. The third-order valence-electron chi connectivity index (χ3n) is 5.63. The number of nitrogens with two attached hydrogens (primary N) is 1. The quantitative estimate of drug-likeness (QED) is 0.520. The Labute approximate surface area is 149 Å². The molecule has 0 radical (unpaired) electrons. The van der Waals surface area contributed by atoms with Crippen molar-refractivity contribution in [1.29, 1.82) is 0 Å². The topological polar surface area (TPSA) is 84.2 Å². The Kier molecular flexibility index (Phi) is 5.74. The highest BCUT2D eigenvalue weighted by atomic mass is 16.2. The van der Waals surface area contributed by atoms with Crippen molar-refractivity contribution in [3.63, 3.8) is 0 Å². The molecule has 136 valence electrons. The second-order valence-corrected chi connectivity index (χ2v) is 7.39. The monoisotopic (exact) mass is 343 g/mol. The van der Waals surface area contributed by atoms with E-state index in [0.29, 0.717) is 25.9 Å². The molecule has 0 heterocycles. The van der Waals surface area contributed by atoms with E-state index >= 15 is 0 Å². The van der Waals surface area contributed by atoms with Crippen molar-refractivity contribution in [3.05, 3.63) is 35.4 Å². The molecule has 1 aromatic rings. The van der Waals surface area contributed by atoms with Crippen LogP contribution in [0.25, 0.3) is 0 Å². The van der Waals surface area contributed by atoms with Crippen LogP contribution in [0.5, 0.6) is 0 Å². The molecule has 25 heavy (non-hydrogen) atoms. The SMILES string of the molecule is NCCCCNC(=O)C1(C(=O)NC2Cc3ccccc3C2)CCCC1. The number of unbranched alkanes of at least 4 members (excludes halogenated alkanes) is 1. The van der Waals surface area contributed by atoms with Crippen LogP contribution in [0.3, 0.4) is 0 Å². The molecule has 0 bridgehead atoms. The van der Waals surface area contributed by atoms with Gasteiger partial charge >= 0.3 is 0 Å². The lowest BCUT2D eigenvalue weighted by Gasteiger charge is -2.28. The summed E-state index contributed by atoms with van der Waals surface area (Å²) in [7, 11) is 0. The Balaban J connectivity index is 1.60. The van der Waals surface area contributed by atoms with E-state index in [2.05, 4.69) is 22.8 Å². The fourth-order valence-electron chi connectivity index (χ4n) is 4.16. The standard InChI is InChI=1S/C20H29N3O2/c21-11-5-6-12-22-18(24)20(9-3-4-10-20)19(25)23-17-13-15-7-1-2-8-16(15)14-17/h1-2,7-8,17H,3-6,9-14,21H2,(H,22,24)(H,23,25). The van der Waals surface area contributed by atoms with E-state index in [4.69, 9.17) is 5.73 Å².